The Labute approximate surface area is 173 Å². The number of Topliss-reactive ketones (excluding diaryl/α,β-unsaturated/α-hetero) is 1. The topological polar surface area (TPSA) is 37.3 Å². The molecule has 0 aromatic carbocycles. The molecule has 4 rings (SSSR count). The number of rotatable bonds is 4. The number of carbonyl (C=O) groups excluding carboxylic acids is 1. The maximum atomic E-state index is 13.9. The molecule has 4 aliphatic carbocycles. The molecule has 2 heteroatoms. The van der Waals surface area contributed by atoms with Crippen molar-refractivity contribution in [2.75, 3.05) is 0 Å². The van der Waals surface area contributed by atoms with Gasteiger partial charge < -0.3 is 5.11 Å². The van der Waals surface area contributed by atoms with E-state index in [2.05, 4.69) is 34.6 Å². The lowest BCUT2D eigenvalue weighted by molar-refractivity contribution is -0.173. The monoisotopic (exact) mass is 388 g/mol. The molecular formula is C26H44O2. The van der Waals surface area contributed by atoms with Crippen LogP contribution in [-0.4, -0.2) is 17.0 Å². The molecule has 0 aliphatic heterocycles. The van der Waals surface area contributed by atoms with Gasteiger partial charge in [0.25, 0.3) is 0 Å². The van der Waals surface area contributed by atoms with Gasteiger partial charge in [0.05, 0.1) is 6.10 Å². The van der Waals surface area contributed by atoms with E-state index >= 15 is 0 Å². The first kappa shape index (κ1) is 20.9. The molecule has 0 bridgehead atoms. The molecule has 1 N–H and O–H groups in total. The number of aliphatic hydroxyl groups is 1. The van der Waals surface area contributed by atoms with Crippen molar-refractivity contribution >= 4 is 5.78 Å². The molecular weight excluding hydrogens is 344 g/mol. The van der Waals surface area contributed by atoms with E-state index in [9.17, 15) is 9.90 Å². The van der Waals surface area contributed by atoms with Crippen molar-refractivity contribution in [3.63, 3.8) is 0 Å². The molecule has 160 valence electrons. The minimum atomic E-state index is -0.184. The zero-order valence-corrected chi connectivity index (χ0v) is 19.0. The third-order valence-corrected chi connectivity index (χ3v) is 10.6. The molecule has 2 nitrogen and oxygen atoms in total. The molecule has 28 heavy (non-hydrogen) atoms. The number of hydrogen-bond donors (Lipinski definition) is 1. The number of fused-ring (bicyclic) bond motifs is 5. The van der Waals surface area contributed by atoms with Crippen LogP contribution in [0.1, 0.15) is 98.8 Å². The zero-order valence-electron chi connectivity index (χ0n) is 19.0. The van der Waals surface area contributed by atoms with Crippen molar-refractivity contribution in [3.8, 4) is 0 Å². The van der Waals surface area contributed by atoms with E-state index in [1.807, 2.05) is 0 Å². The van der Waals surface area contributed by atoms with Crippen molar-refractivity contribution < 1.29 is 9.90 Å². The lowest BCUT2D eigenvalue weighted by Crippen LogP contribution is -2.60. The van der Waals surface area contributed by atoms with Crippen LogP contribution in [0, 0.1) is 52.3 Å². The van der Waals surface area contributed by atoms with E-state index in [0.717, 1.165) is 37.5 Å². The Morgan fingerprint density at radius 2 is 1.68 bits per heavy atom. The Bertz CT molecular complexity index is 599. The smallest absolute Gasteiger partial charge is 0.139 e. The van der Waals surface area contributed by atoms with Crippen LogP contribution >= 0.6 is 0 Å². The first-order valence-electron chi connectivity index (χ1n) is 12.5. The summed E-state index contributed by atoms with van der Waals surface area (Å²) in [6.07, 6.45) is 11.5. The highest BCUT2D eigenvalue weighted by Gasteiger charge is 2.64. The van der Waals surface area contributed by atoms with E-state index < -0.39 is 0 Å². The number of ketones is 1. The Hall–Kier alpha value is -0.370. The van der Waals surface area contributed by atoms with Crippen molar-refractivity contribution in [2.24, 2.45) is 52.3 Å². The molecule has 10 atom stereocenters. The Kier molecular flexibility index (Phi) is 5.52. The average Bonchev–Trinajstić information content (AvgIpc) is 3.01. The van der Waals surface area contributed by atoms with Crippen molar-refractivity contribution in [3.05, 3.63) is 0 Å². The molecule has 0 spiro atoms. The Balaban J connectivity index is 1.68. The molecule has 0 amide bonds. The summed E-state index contributed by atoms with van der Waals surface area (Å²) in [5.74, 6) is 4.30. The van der Waals surface area contributed by atoms with Gasteiger partial charge in [0, 0.05) is 11.8 Å². The van der Waals surface area contributed by atoms with Crippen LogP contribution in [0.15, 0.2) is 0 Å². The summed E-state index contributed by atoms with van der Waals surface area (Å²) >= 11 is 0. The second-order valence-electron chi connectivity index (χ2n) is 11.7. The lowest BCUT2D eigenvalue weighted by atomic mass is 9.42. The SMILES string of the molecule is CCC[C@@H](C)[C@H]1CC[C@H]2[C@@H]3C(=O)[C@H](CC)[C@@H]4C[C@H](O)CC[C@]4(C)[C@H]3CC[C@]12C. The van der Waals surface area contributed by atoms with E-state index in [1.54, 1.807) is 0 Å². The lowest BCUT2D eigenvalue weighted by Gasteiger charge is -2.62. The molecule has 4 fully saturated rings. The van der Waals surface area contributed by atoms with Gasteiger partial charge in [-0.1, -0.05) is 47.5 Å². The van der Waals surface area contributed by atoms with Crippen LogP contribution in [0.25, 0.3) is 0 Å². The van der Waals surface area contributed by atoms with E-state index in [1.165, 1.54) is 38.5 Å². The Morgan fingerprint density at radius 3 is 2.36 bits per heavy atom. The summed E-state index contributed by atoms with van der Waals surface area (Å²) in [5, 5.41) is 10.4. The van der Waals surface area contributed by atoms with E-state index in [-0.39, 0.29) is 17.4 Å². The minimum absolute atomic E-state index is 0.184. The third kappa shape index (κ3) is 2.87. The summed E-state index contributed by atoms with van der Waals surface area (Å²) in [7, 11) is 0. The number of aliphatic hydroxyl groups excluding tert-OH is 1. The number of carbonyl (C=O) groups is 1. The summed E-state index contributed by atoms with van der Waals surface area (Å²) in [5.41, 5.74) is 0.647. The van der Waals surface area contributed by atoms with Gasteiger partial charge in [0.15, 0.2) is 0 Å². The minimum Gasteiger partial charge on any atom is -0.393 e. The summed E-state index contributed by atoms with van der Waals surface area (Å²) in [6, 6.07) is 0. The van der Waals surface area contributed by atoms with Crippen molar-refractivity contribution in [1.29, 1.82) is 0 Å². The summed E-state index contributed by atoms with van der Waals surface area (Å²) < 4.78 is 0. The highest BCUT2D eigenvalue weighted by atomic mass is 16.3. The van der Waals surface area contributed by atoms with Crippen LogP contribution in [0.3, 0.4) is 0 Å². The van der Waals surface area contributed by atoms with Gasteiger partial charge in [-0.25, -0.2) is 0 Å². The van der Waals surface area contributed by atoms with Crippen molar-refractivity contribution in [1.82, 2.24) is 0 Å². The van der Waals surface area contributed by atoms with Crippen LogP contribution in [0.4, 0.5) is 0 Å². The second-order valence-corrected chi connectivity index (χ2v) is 11.7. The average molecular weight is 389 g/mol. The van der Waals surface area contributed by atoms with Gasteiger partial charge in [0.2, 0.25) is 0 Å². The quantitative estimate of drug-likeness (QED) is 0.617. The van der Waals surface area contributed by atoms with Gasteiger partial charge >= 0.3 is 0 Å². The van der Waals surface area contributed by atoms with Crippen LogP contribution in [0.2, 0.25) is 0 Å². The van der Waals surface area contributed by atoms with Crippen LogP contribution in [-0.2, 0) is 4.79 Å². The van der Waals surface area contributed by atoms with Crippen LogP contribution < -0.4 is 0 Å². The van der Waals surface area contributed by atoms with Crippen LogP contribution in [0.5, 0.6) is 0 Å². The van der Waals surface area contributed by atoms with E-state index in [0.29, 0.717) is 34.9 Å². The van der Waals surface area contributed by atoms with Gasteiger partial charge in [-0.2, -0.15) is 0 Å². The summed E-state index contributed by atoms with van der Waals surface area (Å²) in [4.78, 5) is 13.9. The molecule has 0 aromatic heterocycles. The molecule has 0 aromatic rings. The fourth-order valence-electron chi connectivity index (χ4n) is 9.27. The zero-order chi connectivity index (χ0) is 20.3. The maximum Gasteiger partial charge on any atom is 0.139 e. The molecule has 0 radical (unpaired) electrons. The fraction of sp³-hybridized carbons (Fsp3) is 0.962. The predicted octanol–water partition coefficient (Wildman–Crippen LogP) is 6.26. The van der Waals surface area contributed by atoms with E-state index in [4.69, 9.17) is 0 Å². The maximum absolute atomic E-state index is 13.9. The first-order valence-corrected chi connectivity index (χ1v) is 12.5. The van der Waals surface area contributed by atoms with Gasteiger partial charge in [-0.3, -0.25) is 4.79 Å². The third-order valence-electron chi connectivity index (χ3n) is 10.6. The highest BCUT2D eigenvalue weighted by molar-refractivity contribution is 5.86. The Morgan fingerprint density at radius 1 is 1.00 bits per heavy atom. The molecule has 0 saturated heterocycles. The molecule has 0 heterocycles. The van der Waals surface area contributed by atoms with Gasteiger partial charge in [-0.15, -0.1) is 0 Å². The van der Waals surface area contributed by atoms with Gasteiger partial charge in [-0.05, 0) is 91.8 Å². The second kappa shape index (κ2) is 7.40. The first-order chi connectivity index (χ1) is 13.3. The molecule has 4 aliphatic rings. The molecule has 4 saturated carbocycles. The number of hydrogen-bond acceptors (Lipinski definition) is 2. The highest BCUT2D eigenvalue weighted by Crippen LogP contribution is 2.68. The standard InChI is InChI=1S/C26H44O2/c1-6-8-16(3)19-9-10-20-23-21(12-14-25(19,20)4)26(5)13-11-17(27)15-22(26)18(7-2)24(23)28/h16-23,27H,6-15H2,1-5H3/t16-,17-,18-,19-,20+,21+,22+,23+,25-,26-/m1/s1. The van der Waals surface area contributed by atoms with Gasteiger partial charge in [0.1, 0.15) is 5.78 Å². The summed E-state index contributed by atoms with van der Waals surface area (Å²) in [6.45, 7) is 12.1. The molecule has 0 unspecified atom stereocenters. The normalized spacial score (nSPS) is 51.9. The predicted molar refractivity (Wildman–Crippen MR) is 115 cm³/mol. The van der Waals surface area contributed by atoms with Crippen molar-refractivity contribution in [2.45, 2.75) is 105 Å². The fourth-order valence-corrected chi connectivity index (χ4v) is 9.27. The largest absolute Gasteiger partial charge is 0.393 e.